The maximum absolute atomic E-state index is 2.86. The summed E-state index contributed by atoms with van der Waals surface area (Å²) in [5.74, 6) is 0. The Kier molecular flexibility index (Phi) is 8.41. The van der Waals surface area contributed by atoms with E-state index in [0.717, 1.165) is 68.1 Å². The van der Waals surface area contributed by atoms with Crippen LogP contribution in [0.4, 0.5) is 0 Å². The predicted octanol–water partition coefficient (Wildman–Crippen LogP) is 7.62. The topological polar surface area (TPSA) is 6.48 Å². The summed E-state index contributed by atoms with van der Waals surface area (Å²) in [6.07, 6.45) is 0.241. The first kappa shape index (κ1) is 28.7. The van der Waals surface area contributed by atoms with Crippen LogP contribution in [0.2, 0.25) is 0 Å². The van der Waals surface area contributed by atoms with Crippen LogP contribution in [0.3, 0.4) is 0 Å². The molecule has 2 atom stereocenters. The predicted molar refractivity (Wildman–Crippen MR) is 178 cm³/mol. The van der Waals surface area contributed by atoms with E-state index in [1.165, 1.54) is 27.8 Å². The average molecular weight is 581 g/mol. The highest BCUT2D eigenvalue weighted by molar-refractivity contribution is 5.21. The molecule has 2 saturated heterocycles. The number of quaternary nitrogens is 2. The molecule has 2 fully saturated rings. The normalized spacial score (nSPS) is 21.9. The summed E-state index contributed by atoms with van der Waals surface area (Å²) in [6.45, 7) is 9.43. The fourth-order valence-electron chi connectivity index (χ4n) is 7.80. The molecule has 7 rings (SSSR count). The van der Waals surface area contributed by atoms with Gasteiger partial charge in [-0.05, 0) is 5.56 Å². The zero-order chi connectivity index (χ0) is 29.7. The van der Waals surface area contributed by atoms with Crippen LogP contribution in [0, 0.1) is 0 Å². The van der Waals surface area contributed by atoms with Gasteiger partial charge in [0.25, 0.3) is 0 Å². The molecule has 0 spiro atoms. The molecule has 0 amide bonds. The highest BCUT2D eigenvalue weighted by atomic mass is 15.9. The molecule has 2 heterocycles. The quantitative estimate of drug-likeness (QED) is 0.157. The van der Waals surface area contributed by atoms with Gasteiger partial charge in [-0.25, -0.2) is 9.49 Å². The molecule has 5 aromatic carbocycles. The van der Waals surface area contributed by atoms with Crippen LogP contribution >= 0.6 is 0 Å². The van der Waals surface area contributed by atoms with E-state index in [1.807, 2.05) is 0 Å². The molecule has 4 nitrogen and oxygen atoms in total. The molecule has 222 valence electrons. The van der Waals surface area contributed by atoms with Gasteiger partial charge in [-0.3, -0.25) is 4.48 Å². The van der Waals surface area contributed by atoms with Crippen molar-refractivity contribution in [3.63, 3.8) is 0 Å². The Balaban J connectivity index is 1.30. The molecule has 0 aliphatic carbocycles. The zero-order valence-corrected chi connectivity index (χ0v) is 25.7. The van der Waals surface area contributed by atoms with E-state index >= 15 is 0 Å². The maximum Gasteiger partial charge on any atom is 0.190 e. The molecule has 0 bridgehead atoms. The summed E-state index contributed by atoms with van der Waals surface area (Å²) >= 11 is 0. The third-order valence-electron chi connectivity index (χ3n) is 9.78. The van der Waals surface area contributed by atoms with Crippen LogP contribution in [0.1, 0.15) is 34.0 Å². The van der Waals surface area contributed by atoms with Gasteiger partial charge in [0.1, 0.15) is 32.7 Å². The molecule has 0 saturated carbocycles. The van der Waals surface area contributed by atoms with Gasteiger partial charge in [-0.1, -0.05) is 157 Å². The Morgan fingerprint density at radius 1 is 0.477 bits per heavy atom. The molecule has 5 aromatic rings. The van der Waals surface area contributed by atoms with Gasteiger partial charge in [-0.15, -0.1) is 0 Å². The van der Waals surface area contributed by atoms with Crippen molar-refractivity contribution in [3.05, 3.63) is 179 Å². The highest BCUT2D eigenvalue weighted by Crippen LogP contribution is 2.44. The summed E-state index contributed by atoms with van der Waals surface area (Å²) in [6, 6.07) is 55.9. The maximum atomic E-state index is 2.86. The first-order valence-electron chi connectivity index (χ1n) is 16.1. The van der Waals surface area contributed by atoms with E-state index < -0.39 is 0 Å². The Hall–Kier alpha value is -4.06. The lowest BCUT2D eigenvalue weighted by molar-refractivity contribution is -1.08. The van der Waals surface area contributed by atoms with Crippen molar-refractivity contribution in [2.75, 3.05) is 32.8 Å². The average Bonchev–Trinajstić information content (AvgIpc) is 3.65. The number of nitrogens with zero attached hydrogens (tertiary/aromatic N) is 4. The van der Waals surface area contributed by atoms with Gasteiger partial charge < -0.3 is 0 Å². The van der Waals surface area contributed by atoms with E-state index in [4.69, 9.17) is 0 Å². The van der Waals surface area contributed by atoms with Crippen LogP contribution in [0.15, 0.2) is 152 Å². The molecule has 4 heteroatoms. The smallest absolute Gasteiger partial charge is 0.190 e. The number of hydrogen-bond acceptors (Lipinski definition) is 2. The van der Waals surface area contributed by atoms with Crippen LogP contribution in [-0.4, -0.2) is 51.8 Å². The molecule has 2 unspecified atom stereocenters. The lowest BCUT2D eigenvalue weighted by atomic mass is 10.1. The van der Waals surface area contributed by atoms with Gasteiger partial charge in [0, 0.05) is 28.8 Å². The number of benzene rings is 5. The second kappa shape index (κ2) is 12.9. The second-order valence-electron chi connectivity index (χ2n) is 12.8. The molecule has 0 radical (unpaired) electrons. The minimum absolute atomic E-state index is 0.241. The van der Waals surface area contributed by atoms with E-state index in [1.54, 1.807) is 0 Å². The van der Waals surface area contributed by atoms with Crippen LogP contribution in [0.25, 0.3) is 0 Å². The van der Waals surface area contributed by atoms with Crippen molar-refractivity contribution in [2.24, 2.45) is 0 Å². The lowest BCUT2D eigenvalue weighted by Gasteiger charge is -2.46. The second-order valence-corrected chi connectivity index (χ2v) is 12.8. The summed E-state index contributed by atoms with van der Waals surface area (Å²) in [5, 5.41) is 2.86. The minimum Gasteiger partial charge on any atom is -0.299 e. The molecule has 44 heavy (non-hydrogen) atoms. The van der Waals surface area contributed by atoms with Gasteiger partial charge in [0.05, 0.1) is 13.1 Å². The monoisotopic (exact) mass is 580 g/mol. The summed E-state index contributed by atoms with van der Waals surface area (Å²) in [4.78, 5) is 2.75. The fraction of sp³-hybridized carbons (Fsp3) is 0.250. The van der Waals surface area contributed by atoms with Crippen LogP contribution < -0.4 is 0 Å². The van der Waals surface area contributed by atoms with Gasteiger partial charge in [-0.2, -0.15) is 0 Å². The van der Waals surface area contributed by atoms with E-state index in [0.29, 0.717) is 0 Å². The highest BCUT2D eigenvalue weighted by Gasteiger charge is 2.56. The Labute approximate surface area is 263 Å². The van der Waals surface area contributed by atoms with E-state index in [2.05, 4.69) is 162 Å². The van der Waals surface area contributed by atoms with Crippen molar-refractivity contribution in [2.45, 2.75) is 32.3 Å². The van der Waals surface area contributed by atoms with E-state index in [9.17, 15) is 0 Å². The molecule has 2 aliphatic heterocycles. The van der Waals surface area contributed by atoms with Crippen LogP contribution in [-0.2, 0) is 26.2 Å². The first-order chi connectivity index (χ1) is 21.7. The largest absolute Gasteiger partial charge is 0.299 e. The molecule has 2 aliphatic rings. The third-order valence-corrected chi connectivity index (χ3v) is 9.78. The summed E-state index contributed by atoms with van der Waals surface area (Å²) in [5.41, 5.74) is 7.05. The first-order valence-corrected chi connectivity index (χ1v) is 16.1. The van der Waals surface area contributed by atoms with Crippen molar-refractivity contribution >= 4 is 0 Å². The fourth-order valence-corrected chi connectivity index (χ4v) is 7.80. The molecule has 0 aromatic heterocycles. The van der Waals surface area contributed by atoms with Crippen LogP contribution in [0.5, 0.6) is 0 Å². The van der Waals surface area contributed by atoms with Crippen molar-refractivity contribution in [1.29, 1.82) is 0 Å². The van der Waals surface area contributed by atoms with Crippen molar-refractivity contribution in [3.8, 4) is 0 Å². The van der Waals surface area contributed by atoms with E-state index in [-0.39, 0.29) is 6.17 Å². The summed E-state index contributed by atoms with van der Waals surface area (Å²) < 4.78 is 1.98. The Morgan fingerprint density at radius 3 is 1.45 bits per heavy atom. The zero-order valence-electron chi connectivity index (χ0n) is 25.7. The molecular formula is C40H44N4+2. The molecule has 0 N–H and O–H groups in total. The van der Waals surface area contributed by atoms with Gasteiger partial charge >= 0.3 is 0 Å². The lowest BCUT2D eigenvalue weighted by Crippen LogP contribution is -2.61. The van der Waals surface area contributed by atoms with Crippen molar-refractivity contribution < 1.29 is 9.08 Å². The number of rotatable bonds is 10. The third kappa shape index (κ3) is 6.12. The SMILES string of the molecule is c1ccc(CN2CC[N+](Cc3ccccc3)(N3CC[N+](Cc4ccccc4)(Cc4ccccc4)C3)C2c2ccccc2)cc1. The van der Waals surface area contributed by atoms with Gasteiger partial charge in [0.15, 0.2) is 12.8 Å². The number of hydrogen-bond donors (Lipinski definition) is 0. The minimum atomic E-state index is 0.241. The summed E-state index contributed by atoms with van der Waals surface area (Å²) in [7, 11) is 0. The molecular weight excluding hydrogens is 536 g/mol. The standard InChI is InChI=1S/C40H44N4/c1-6-16-35(17-7-1)30-41-26-29-44(33-38-22-12-4-13-23-38,40(41)39-24-14-5-15-25-39)42-27-28-43(34-42,31-36-18-8-2-9-19-36)32-37-20-10-3-11-21-37/h1-25,40H,26-34H2/q+2. The Bertz CT molecular complexity index is 1550. The van der Waals surface area contributed by atoms with Gasteiger partial charge in [0.2, 0.25) is 0 Å². The van der Waals surface area contributed by atoms with Crippen molar-refractivity contribution in [1.82, 2.24) is 9.91 Å². The Morgan fingerprint density at radius 2 is 0.932 bits per heavy atom.